The average Bonchev–Trinajstić information content (AvgIpc) is 1.85. The molecule has 50 valence electrons. The molecule has 1 nitrogen and oxygen atoms in total. The SMILES string of the molecule is CC/C=C/C(C)=C/C=O. The average molecular weight is 124 g/mol. The fraction of sp³-hybridized carbons (Fsp3) is 0.375. The van der Waals surface area contributed by atoms with Gasteiger partial charge in [0, 0.05) is 0 Å². The van der Waals surface area contributed by atoms with Crippen molar-refractivity contribution in [3.8, 4) is 0 Å². The van der Waals surface area contributed by atoms with Gasteiger partial charge in [0.15, 0.2) is 0 Å². The first-order valence-corrected chi connectivity index (χ1v) is 3.10. The van der Waals surface area contributed by atoms with Crippen LogP contribution in [0.3, 0.4) is 0 Å². The Kier molecular flexibility index (Phi) is 4.79. The fourth-order valence-corrected chi connectivity index (χ4v) is 0.467. The summed E-state index contributed by atoms with van der Waals surface area (Å²) in [6.07, 6.45) is 7.33. The molecule has 0 aliphatic heterocycles. The third kappa shape index (κ3) is 5.01. The third-order valence-electron chi connectivity index (χ3n) is 0.947. The lowest BCUT2D eigenvalue weighted by atomic mass is 10.2. The fourth-order valence-electron chi connectivity index (χ4n) is 0.467. The monoisotopic (exact) mass is 124 g/mol. The number of allylic oxidation sites excluding steroid dienone is 4. The van der Waals surface area contributed by atoms with Crippen LogP contribution >= 0.6 is 0 Å². The second kappa shape index (κ2) is 5.29. The molecule has 0 unspecified atom stereocenters. The lowest BCUT2D eigenvalue weighted by Crippen LogP contribution is -1.68. The van der Waals surface area contributed by atoms with Gasteiger partial charge >= 0.3 is 0 Å². The van der Waals surface area contributed by atoms with Gasteiger partial charge < -0.3 is 0 Å². The van der Waals surface area contributed by atoms with Crippen LogP contribution in [-0.2, 0) is 4.79 Å². The summed E-state index contributed by atoms with van der Waals surface area (Å²) in [6, 6.07) is 0. The van der Waals surface area contributed by atoms with Crippen LogP contribution in [0.2, 0.25) is 0 Å². The van der Waals surface area contributed by atoms with E-state index in [1.807, 2.05) is 19.1 Å². The molecule has 9 heavy (non-hydrogen) atoms. The van der Waals surface area contributed by atoms with Gasteiger partial charge in [-0.1, -0.05) is 19.1 Å². The van der Waals surface area contributed by atoms with Gasteiger partial charge in [-0.3, -0.25) is 4.79 Å². The zero-order valence-electron chi connectivity index (χ0n) is 5.92. The molecule has 0 heterocycles. The Balaban J connectivity index is 3.74. The van der Waals surface area contributed by atoms with Crippen LogP contribution in [0.4, 0.5) is 0 Å². The predicted octanol–water partition coefficient (Wildman–Crippen LogP) is 2.10. The van der Waals surface area contributed by atoms with Gasteiger partial charge in [-0.15, -0.1) is 0 Å². The molecule has 0 saturated carbocycles. The van der Waals surface area contributed by atoms with E-state index in [0.717, 1.165) is 18.3 Å². The van der Waals surface area contributed by atoms with E-state index in [-0.39, 0.29) is 0 Å². The molecule has 1 heteroatoms. The molecular weight excluding hydrogens is 112 g/mol. The molecule has 0 aromatic heterocycles. The van der Waals surface area contributed by atoms with Crippen molar-refractivity contribution in [2.24, 2.45) is 0 Å². The number of hydrogen-bond donors (Lipinski definition) is 0. The van der Waals surface area contributed by atoms with E-state index in [4.69, 9.17) is 0 Å². The summed E-state index contributed by atoms with van der Waals surface area (Å²) in [5, 5.41) is 0. The minimum Gasteiger partial charge on any atom is -0.299 e. The number of carbonyl (C=O) groups is 1. The van der Waals surface area contributed by atoms with Crippen LogP contribution in [0.25, 0.3) is 0 Å². The third-order valence-corrected chi connectivity index (χ3v) is 0.947. The lowest BCUT2D eigenvalue weighted by molar-refractivity contribution is -0.104. The Bertz CT molecular complexity index is 132. The van der Waals surface area contributed by atoms with Gasteiger partial charge in [-0.05, 0) is 25.0 Å². The van der Waals surface area contributed by atoms with Gasteiger partial charge in [-0.2, -0.15) is 0 Å². The highest BCUT2D eigenvalue weighted by atomic mass is 16.1. The van der Waals surface area contributed by atoms with E-state index in [0.29, 0.717) is 0 Å². The molecule has 0 aromatic carbocycles. The van der Waals surface area contributed by atoms with Crippen LogP contribution in [0.1, 0.15) is 20.3 Å². The smallest absolute Gasteiger partial charge is 0.143 e. The first kappa shape index (κ1) is 8.15. The zero-order valence-corrected chi connectivity index (χ0v) is 5.92. The summed E-state index contributed by atoms with van der Waals surface area (Å²) in [5.41, 5.74) is 1.01. The Morgan fingerprint density at radius 1 is 1.56 bits per heavy atom. The van der Waals surface area contributed by atoms with Gasteiger partial charge in [0.1, 0.15) is 6.29 Å². The van der Waals surface area contributed by atoms with Gasteiger partial charge in [0.25, 0.3) is 0 Å². The number of carbonyl (C=O) groups excluding carboxylic acids is 1. The van der Waals surface area contributed by atoms with Crippen LogP contribution in [0, 0.1) is 0 Å². The first-order chi connectivity index (χ1) is 4.31. The van der Waals surface area contributed by atoms with Crippen molar-refractivity contribution < 1.29 is 4.79 Å². The van der Waals surface area contributed by atoms with Crippen molar-refractivity contribution in [3.63, 3.8) is 0 Å². The molecule has 0 bridgehead atoms. The van der Waals surface area contributed by atoms with Crippen LogP contribution < -0.4 is 0 Å². The van der Waals surface area contributed by atoms with Crippen LogP contribution in [-0.4, -0.2) is 6.29 Å². The molecule has 0 atom stereocenters. The zero-order chi connectivity index (χ0) is 7.11. The summed E-state index contributed by atoms with van der Waals surface area (Å²) in [6.45, 7) is 3.96. The maximum absolute atomic E-state index is 9.87. The van der Waals surface area contributed by atoms with Gasteiger partial charge in [0.05, 0.1) is 0 Å². The van der Waals surface area contributed by atoms with E-state index < -0.39 is 0 Å². The van der Waals surface area contributed by atoms with Crippen LogP contribution in [0.5, 0.6) is 0 Å². The highest BCUT2D eigenvalue weighted by Crippen LogP contribution is 1.93. The Morgan fingerprint density at radius 2 is 2.22 bits per heavy atom. The number of rotatable bonds is 3. The van der Waals surface area contributed by atoms with E-state index in [2.05, 4.69) is 6.92 Å². The Hall–Kier alpha value is -0.850. The summed E-state index contributed by atoms with van der Waals surface area (Å²) in [4.78, 5) is 9.87. The topological polar surface area (TPSA) is 17.1 Å². The molecule has 0 amide bonds. The summed E-state index contributed by atoms with van der Waals surface area (Å²) in [5.74, 6) is 0. The molecule has 0 rings (SSSR count). The standard InChI is InChI=1S/C8H12O/c1-3-4-5-8(2)6-7-9/h4-7H,3H2,1-2H3/b5-4+,8-6+. The van der Waals surface area contributed by atoms with Gasteiger partial charge in [-0.25, -0.2) is 0 Å². The largest absolute Gasteiger partial charge is 0.299 e. The van der Waals surface area contributed by atoms with Crippen molar-refractivity contribution in [2.45, 2.75) is 20.3 Å². The second-order valence-electron chi connectivity index (χ2n) is 1.86. The Labute approximate surface area is 56.1 Å². The minimum atomic E-state index is 0.801. The molecule has 0 radical (unpaired) electrons. The number of aldehydes is 1. The van der Waals surface area contributed by atoms with Crippen molar-refractivity contribution in [2.75, 3.05) is 0 Å². The molecule has 0 aliphatic carbocycles. The lowest BCUT2D eigenvalue weighted by Gasteiger charge is -1.83. The quantitative estimate of drug-likeness (QED) is 0.320. The molecule has 0 fully saturated rings. The van der Waals surface area contributed by atoms with E-state index in [9.17, 15) is 4.79 Å². The van der Waals surface area contributed by atoms with Crippen molar-refractivity contribution in [1.29, 1.82) is 0 Å². The minimum absolute atomic E-state index is 0.801. The maximum atomic E-state index is 9.87. The highest BCUT2D eigenvalue weighted by Gasteiger charge is 1.75. The second-order valence-corrected chi connectivity index (χ2v) is 1.86. The molecule has 0 aliphatic rings. The summed E-state index contributed by atoms with van der Waals surface area (Å²) < 4.78 is 0. The highest BCUT2D eigenvalue weighted by molar-refractivity contribution is 5.66. The molecule has 0 N–H and O–H groups in total. The molecule has 0 aromatic rings. The van der Waals surface area contributed by atoms with Crippen molar-refractivity contribution in [3.05, 3.63) is 23.8 Å². The molecule has 0 spiro atoms. The van der Waals surface area contributed by atoms with E-state index >= 15 is 0 Å². The van der Waals surface area contributed by atoms with E-state index in [1.54, 1.807) is 6.08 Å². The maximum Gasteiger partial charge on any atom is 0.143 e. The van der Waals surface area contributed by atoms with Crippen molar-refractivity contribution >= 4 is 6.29 Å². The number of hydrogen-bond acceptors (Lipinski definition) is 1. The van der Waals surface area contributed by atoms with Crippen LogP contribution in [0.15, 0.2) is 23.8 Å². The molecular formula is C8H12O. The molecule has 0 saturated heterocycles. The Morgan fingerprint density at radius 3 is 2.67 bits per heavy atom. The predicted molar refractivity (Wildman–Crippen MR) is 39.3 cm³/mol. The van der Waals surface area contributed by atoms with Gasteiger partial charge in [0.2, 0.25) is 0 Å². The van der Waals surface area contributed by atoms with Crippen molar-refractivity contribution in [1.82, 2.24) is 0 Å². The first-order valence-electron chi connectivity index (χ1n) is 3.10. The summed E-state index contributed by atoms with van der Waals surface area (Å²) in [7, 11) is 0. The van der Waals surface area contributed by atoms with E-state index in [1.165, 1.54) is 0 Å². The summed E-state index contributed by atoms with van der Waals surface area (Å²) >= 11 is 0. The normalized spacial score (nSPS) is 12.4.